The third kappa shape index (κ3) is 1.71. The van der Waals surface area contributed by atoms with Crippen LogP contribution in [0, 0.1) is 0 Å². The normalized spacial score (nSPS) is 22.9. The standard InChI is InChI=1S/C17H17NO3/c1-17(2,3)21-16(19)18-12-5-6-13(18)15-10(12)4-7-14-11(15)8-9-20-14/h4-9,12-13H,1-3H3/t12-,13+/m0/s1. The van der Waals surface area contributed by atoms with Gasteiger partial charge < -0.3 is 9.15 Å². The second-order valence-electron chi connectivity index (χ2n) is 6.56. The second-order valence-corrected chi connectivity index (χ2v) is 6.56. The third-order valence-corrected chi connectivity index (χ3v) is 4.00. The SMILES string of the molecule is CC(C)(C)OC(=O)N1[C@@H]2C=C[C@H]1c1ccc3occc3c12. The molecule has 21 heavy (non-hydrogen) atoms. The molecule has 4 heteroatoms. The van der Waals surface area contributed by atoms with Gasteiger partial charge in [0.1, 0.15) is 11.2 Å². The van der Waals surface area contributed by atoms with Gasteiger partial charge >= 0.3 is 6.09 Å². The van der Waals surface area contributed by atoms with Crippen LogP contribution in [0.1, 0.15) is 44.0 Å². The minimum absolute atomic E-state index is 0.0286. The number of carbonyl (C=O) groups excluding carboxylic acids is 1. The molecule has 0 radical (unpaired) electrons. The number of carbonyl (C=O) groups is 1. The molecule has 0 fully saturated rings. The van der Waals surface area contributed by atoms with Crippen molar-refractivity contribution in [1.29, 1.82) is 0 Å². The molecule has 0 aliphatic carbocycles. The molecule has 2 aliphatic rings. The Labute approximate surface area is 123 Å². The zero-order valence-electron chi connectivity index (χ0n) is 12.3. The van der Waals surface area contributed by atoms with Gasteiger partial charge in [0.2, 0.25) is 0 Å². The highest BCUT2D eigenvalue weighted by atomic mass is 16.6. The van der Waals surface area contributed by atoms with E-state index in [-0.39, 0.29) is 18.2 Å². The van der Waals surface area contributed by atoms with Crippen molar-refractivity contribution in [3.05, 3.63) is 47.7 Å². The number of benzene rings is 1. The van der Waals surface area contributed by atoms with Crippen LogP contribution in [0.3, 0.4) is 0 Å². The van der Waals surface area contributed by atoms with Crippen molar-refractivity contribution in [3.8, 4) is 0 Å². The number of ether oxygens (including phenoxy) is 1. The molecule has 0 saturated carbocycles. The van der Waals surface area contributed by atoms with Crippen molar-refractivity contribution in [1.82, 2.24) is 4.90 Å². The summed E-state index contributed by atoms with van der Waals surface area (Å²) in [6.07, 6.45) is 5.57. The third-order valence-electron chi connectivity index (χ3n) is 4.00. The van der Waals surface area contributed by atoms with Gasteiger partial charge in [-0.2, -0.15) is 0 Å². The maximum Gasteiger partial charge on any atom is 0.411 e. The van der Waals surface area contributed by atoms with E-state index in [1.165, 1.54) is 11.1 Å². The van der Waals surface area contributed by atoms with Crippen LogP contribution >= 0.6 is 0 Å². The molecule has 2 bridgehead atoms. The molecule has 3 heterocycles. The summed E-state index contributed by atoms with van der Waals surface area (Å²) in [5.41, 5.74) is 2.71. The topological polar surface area (TPSA) is 42.7 Å². The maximum absolute atomic E-state index is 12.5. The minimum Gasteiger partial charge on any atom is -0.464 e. The zero-order valence-corrected chi connectivity index (χ0v) is 12.3. The van der Waals surface area contributed by atoms with E-state index in [9.17, 15) is 4.79 Å². The van der Waals surface area contributed by atoms with Crippen molar-refractivity contribution in [3.63, 3.8) is 0 Å². The Bertz CT molecular complexity index is 766. The minimum atomic E-state index is -0.490. The fraction of sp³-hybridized carbons (Fsp3) is 0.353. The van der Waals surface area contributed by atoms with Gasteiger partial charge in [-0.1, -0.05) is 18.2 Å². The van der Waals surface area contributed by atoms with E-state index in [2.05, 4.69) is 12.2 Å². The summed E-state index contributed by atoms with van der Waals surface area (Å²) in [5.74, 6) is 0. The summed E-state index contributed by atoms with van der Waals surface area (Å²) < 4.78 is 11.0. The fourth-order valence-corrected chi connectivity index (χ4v) is 3.27. The highest BCUT2D eigenvalue weighted by Gasteiger charge is 2.45. The molecule has 1 aromatic heterocycles. The van der Waals surface area contributed by atoms with Crippen LogP contribution in [-0.2, 0) is 4.74 Å². The van der Waals surface area contributed by atoms with E-state index >= 15 is 0 Å². The van der Waals surface area contributed by atoms with Gasteiger partial charge in [-0.25, -0.2) is 4.79 Å². The largest absolute Gasteiger partial charge is 0.464 e. The number of hydrogen-bond acceptors (Lipinski definition) is 3. The Morgan fingerprint density at radius 3 is 2.71 bits per heavy atom. The first kappa shape index (κ1) is 12.5. The predicted molar refractivity (Wildman–Crippen MR) is 78.9 cm³/mol. The Kier molecular flexibility index (Phi) is 2.33. The fourth-order valence-electron chi connectivity index (χ4n) is 3.27. The highest BCUT2D eigenvalue weighted by Crippen LogP contribution is 2.51. The molecule has 108 valence electrons. The molecule has 2 atom stereocenters. The van der Waals surface area contributed by atoms with Crippen LogP contribution in [0.25, 0.3) is 11.0 Å². The predicted octanol–water partition coefficient (Wildman–Crippen LogP) is 4.34. The van der Waals surface area contributed by atoms with Crippen molar-refractivity contribution in [2.45, 2.75) is 38.5 Å². The lowest BCUT2D eigenvalue weighted by Gasteiger charge is -2.27. The van der Waals surface area contributed by atoms with Gasteiger partial charge in [-0.05, 0) is 44.0 Å². The number of furan rings is 1. The Morgan fingerprint density at radius 2 is 1.95 bits per heavy atom. The molecule has 0 N–H and O–H groups in total. The molecule has 1 amide bonds. The second kappa shape index (κ2) is 3.91. The first-order valence-corrected chi connectivity index (χ1v) is 7.15. The average molecular weight is 283 g/mol. The van der Waals surface area contributed by atoms with Gasteiger partial charge in [0.05, 0.1) is 18.3 Å². The van der Waals surface area contributed by atoms with Crippen molar-refractivity contribution in [2.75, 3.05) is 0 Å². The molecule has 1 aromatic carbocycles. The quantitative estimate of drug-likeness (QED) is 0.676. The van der Waals surface area contributed by atoms with E-state index < -0.39 is 5.60 Å². The van der Waals surface area contributed by atoms with Crippen molar-refractivity contribution in [2.24, 2.45) is 0 Å². The molecule has 4 nitrogen and oxygen atoms in total. The van der Waals surface area contributed by atoms with Crippen LogP contribution in [0.2, 0.25) is 0 Å². The van der Waals surface area contributed by atoms with E-state index in [0.717, 1.165) is 11.0 Å². The van der Waals surface area contributed by atoms with E-state index in [1.807, 2.05) is 43.9 Å². The van der Waals surface area contributed by atoms with Gasteiger partial charge in [0, 0.05) is 5.39 Å². The summed E-state index contributed by atoms with van der Waals surface area (Å²) in [4.78, 5) is 14.3. The van der Waals surface area contributed by atoms with Gasteiger partial charge in [0.25, 0.3) is 0 Å². The van der Waals surface area contributed by atoms with Crippen LogP contribution in [0.4, 0.5) is 4.79 Å². The summed E-state index contributed by atoms with van der Waals surface area (Å²) >= 11 is 0. The molecule has 2 aromatic rings. The smallest absolute Gasteiger partial charge is 0.411 e. The number of nitrogens with zero attached hydrogens (tertiary/aromatic N) is 1. The first-order valence-electron chi connectivity index (χ1n) is 7.15. The van der Waals surface area contributed by atoms with Gasteiger partial charge in [-0.15, -0.1) is 0 Å². The Balaban J connectivity index is 1.77. The molecule has 2 aliphatic heterocycles. The van der Waals surface area contributed by atoms with E-state index in [1.54, 1.807) is 6.26 Å². The van der Waals surface area contributed by atoms with E-state index in [0.29, 0.717) is 0 Å². The van der Waals surface area contributed by atoms with Crippen molar-refractivity contribution < 1.29 is 13.9 Å². The molecular formula is C17H17NO3. The van der Waals surface area contributed by atoms with Crippen LogP contribution in [0.5, 0.6) is 0 Å². The Hall–Kier alpha value is -2.23. The maximum atomic E-state index is 12.5. The highest BCUT2D eigenvalue weighted by molar-refractivity contribution is 5.87. The monoisotopic (exact) mass is 283 g/mol. The lowest BCUT2D eigenvalue weighted by molar-refractivity contribution is 0.0197. The molecule has 0 unspecified atom stereocenters. The molecule has 0 spiro atoms. The summed E-state index contributed by atoms with van der Waals surface area (Å²) in [7, 11) is 0. The molecule has 4 rings (SSSR count). The lowest BCUT2D eigenvalue weighted by Crippen LogP contribution is -2.35. The number of amides is 1. The van der Waals surface area contributed by atoms with Crippen LogP contribution < -0.4 is 0 Å². The van der Waals surface area contributed by atoms with Crippen LogP contribution in [-0.4, -0.2) is 16.6 Å². The number of fused-ring (bicyclic) bond motifs is 7. The first-order chi connectivity index (χ1) is 9.96. The number of hydrogen-bond donors (Lipinski definition) is 0. The van der Waals surface area contributed by atoms with Gasteiger partial charge in [0.15, 0.2) is 0 Å². The summed E-state index contributed by atoms with van der Waals surface area (Å²) in [6.45, 7) is 5.66. The zero-order chi connectivity index (χ0) is 14.8. The van der Waals surface area contributed by atoms with Crippen LogP contribution in [0.15, 0.2) is 41.0 Å². The summed E-state index contributed by atoms with van der Waals surface area (Å²) in [5, 5.41) is 1.08. The molecular weight excluding hydrogens is 266 g/mol. The van der Waals surface area contributed by atoms with Crippen molar-refractivity contribution >= 4 is 17.1 Å². The molecule has 0 saturated heterocycles. The van der Waals surface area contributed by atoms with E-state index in [4.69, 9.17) is 9.15 Å². The summed E-state index contributed by atoms with van der Waals surface area (Å²) in [6, 6.07) is 5.90. The Morgan fingerprint density at radius 1 is 1.19 bits per heavy atom. The lowest BCUT2D eigenvalue weighted by atomic mass is 9.94. The average Bonchev–Trinajstić information content (AvgIpc) is 3.09. The van der Waals surface area contributed by atoms with Gasteiger partial charge in [-0.3, -0.25) is 4.90 Å². The number of rotatable bonds is 0.